The van der Waals surface area contributed by atoms with E-state index >= 15 is 0 Å². The molecular formula is C21H15FN4O. The Morgan fingerprint density at radius 1 is 1.19 bits per heavy atom. The van der Waals surface area contributed by atoms with Crippen LogP contribution in [0.15, 0.2) is 54.9 Å². The highest BCUT2D eigenvalue weighted by molar-refractivity contribution is 6.12. The Hall–Kier alpha value is -3.67. The van der Waals surface area contributed by atoms with Gasteiger partial charge in [0.1, 0.15) is 5.82 Å². The molecule has 5 nitrogen and oxygen atoms in total. The number of hydrogen-bond acceptors (Lipinski definition) is 4. The molecule has 1 aliphatic carbocycles. The molecule has 0 radical (unpaired) electrons. The highest BCUT2D eigenvalue weighted by Crippen LogP contribution is 2.41. The summed E-state index contributed by atoms with van der Waals surface area (Å²) in [5.74, 6) is -0.372. The second-order valence-corrected chi connectivity index (χ2v) is 6.57. The fraction of sp³-hybridized carbons (Fsp3) is 0.0476. The van der Waals surface area contributed by atoms with Crippen LogP contribution < -0.4 is 5.73 Å². The summed E-state index contributed by atoms with van der Waals surface area (Å²) in [7, 11) is 0. The third-order valence-corrected chi connectivity index (χ3v) is 4.89. The zero-order chi connectivity index (χ0) is 18.7. The maximum Gasteiger partial charge on any atom is 0.207 e. The van der Waals surface area contributed by atoms with Gasteiger partial charge in [-0.1, -0.05) is 12.1 Å². The van der Waals surface area contributed by atoms with Gasteiger partial charge in [-0.15, -0.1) is 0 Å². The highest BCUT2D eigenvalue weighted by atomic mass is 19.1. The molecule has 0 unspecified atom stereocenters. The van der Waals surface area contributed by atoms with Crippen LogP contribution in [0.2, 0.25) is 0 Å². The number of nitrogen functional groups attached to an aromatic ring is 1. The Morgan fingerprint density at radius 2 is 2.00 bits per heavy atom. The van der Waals surface area contributed by atoms with Gasteiger partial charge in [0.2, 0.25) is 5.88 Å². The third-order valence-electron chi connectivity index (χ3n) is 4.89. The van der Waals surface area contributed by atoms with E-state index in [1.54, 1.807) is 23.0 Å². The molecule has 132 valence electrons. The number of hydrogen-bond donors (Lipinski definition) is 2. The van der Waals surface area contributed by atoms with E-state index in [9.17, 15) is 9.50 Å². The molecule has 3 heterocycles. The number of aryl methyl sites for hydroxylation is 1. The first-order valence-corrected chi connectivity index (χ1v) is 8.48. The van der Waals surface area contributed by atoms with E-state index < -0.39 is 5.82 Å². The van der Waals surface area contributed by atoms with Crippen molar-refractivity contribution >= 4 is 33.2 Å². The number of pyridine rings is 2. The molecule has 0 atom stereocenters. The Morgan fingerprint density at radius 3 is 2.67 bits per heavy atom. The van der Waals surface area contributed by atoms with E-state index in [1.807, 2.05) is 37.3 Å². The number of fused-ring (bicyclic) bond motifs is 2. The number of anilines is 1. The van der Waals surface area contributed by atoms with Crippen molar-refractivity contribution in [3.05, 3.63) is 66.4 Å². The first-order chi connectivity index (χ1) is 13.0. The van der Waals surface area contributed by atoms with Crippen molar-refractivity contribution in [1.29, 1.82) is 0 Å². The molecule has 0 saturated heterocycles. The molecule has 1 aromatic carbocycles. The summed E-state index contributed by atoms with van der Waals surface area (Å²) in [4.78, 5) is 8.90. The minimum Gasteiger partial charge on any atom is -0.494 e. The number of aromatic nitrogens is 3. The molecule has 0 bridgehead atoms. The Bertz CT molecular complexity index is 1300. The Labute approximate surface area is 153 Å². The van der Waals surface area contributed by atoms with Crippen LogP contribution in [-0.4, -0.2) is 19.6 Å². The fourth-order valence-electron chi connectivity index (χ4n) is 3.41. The number of allylic oxidation sites excluding steroid dienone is 4. The highest BCUT2D eigenvalue weighted by Gasteiger charge is 2.21. The monoisotopic (exact) mass is 358 g/mol. The van der Waals surface area contributed by atoms with Crippen LogP contribution in [0.1, 0.15) is 5.69 Å². The van der Waals surface area contributed by atoms with Crippen LogP contribution in [-0.2, 0) is 0 Å². The number of halogens is 1. The molecule has 1 aliphatic rings. The van der Waals surface area contributed by atoms with Gasteiger partial charge in [-0.25, -0.2) is 9.37 Å². The number of aromatic hydroxyl groups is 1. The molecule has 0 spiro atoms. The van der Waals surface area contributed by atoms with Gasteiger partial charge < -0.3 is 10.8 Å². The maximum atomic E-state index is 14.7. The third kappa shape index (κ3) is 2.16. The van der Waals surface area contributed by atoms with Gasteiger partial charge in [0.05, 0.1) is 22.1 Å². The van der Waals surface area contributed by atoms with E-state index in [-0.39, 0.29) is 5.88 Å². The predicted octanol–water partition coefficient (Wildman–Crippen LogP) is 4.40. The Kier molecular flexibility index (Phi) is 3.12. The summed E-state index contributed by atoms with van der Waals surface area (Å²) in [6.07, 6.45) is 8.96. The summed E-state index contributed by atoms with van der Waals surface area (Å²) in [6.45, 7) is 1.87. The van der Waals surface area contributed by atoms with Gasteiger partial charge in [-0.05, 0) is 37.3 Å². The molecule has 5 rings (SSSR count). The lowest BCUT2D eigenvalue weighted by Gasteiger charge is -2.11. The molecule has 27 heavy (non-hydrogen) atoms. The van der Waals surface area contributed by atoms with Crippen molar-refractivity contribution in [2.45, 2.75) is 6.92 Å². The largest absolute Gasteiger partial charge is 0.494 e. The SMILES string of the molecule is Cc1ccc(-c2c(F)ccc3c(N)c4c(O)n(C5=CC=C5)cc4nc23)cn1. The van der Waals surface area contributed by atoms with E-state index in [0.29, 0.717) is 38.6 Å². The molecule has 4 aromatic rings. The van der Waals surface area contributed by atoms with Crippen LogP contribution in [0.4, 0.5) is 10.1 Å². The van der Waals surface area contributed by atoms with Crippen LogP contribution >= 0.6 is 0 Å². The molecule has 0 saturated carbocycles. The van der Waals surface area contributed by atoms with Gasteiger partial charge >= 0.3 is 0 Å². The zero-order valence-corrected chi connectivity index (χ0v) is 14.4. The van der Waals surface area contributed by atoms with Gasteiger partial charge in [-0.3, -0.25) is 9.55 Å². The maximum absolute atomic E-state index is 14.7. The average Bonchev–Trinajstić information content (AvgIpc) is 2.91. The summed E-state index contributed by atoms with van der Waals surface area (Å²) >= 11 is 0. The summed E-state index contributed by atoms with van der Waals surface area (Å²) in [5.41, 5.74) is 10.3. The fourth-order valence-corrected chi connectivity index (χ4v) is 3.41. The van der Waals surface area contributed by atoms with E-state index in [4.69, 9.17) is 5.73 Å². The smallest absolute Gasteiger partial charge is 0.207 e. The molecule has 3 aromatic heterocycles. The first-order valence-electron chi connectivity index (χ1n) is 8.48. The minimum absolute atomic E-state index is 0.0235. The average molecular weight is 358 g/mol. The van der Waals surface area contributed by atoms with Crippen molar-refractivity contribution < 1.29 is 9.50 Å². The number of nitrogens with two attached hydrogens (primary N) is 1. The zero-order valence-electron chi connectivity index (χ0n) is 14.4. The summed E-state index contributed by atoms with van der Waals surface area (Å²) < 4.78 is 16.4. The van der Waals surface area contributed by atoms with Crippen molar-refractivity contribution in [3.63, 3.8) is 0 Å². The second kappa shape index (κ2) is 5.41. The molecular weight excluding hydrogens is 343 g/mol. The molecule has 0 amide bonds. The number of nitrogens with zero attached hydrogens (tertiary/aromatic N) is 3. The lowest BCUT2D eigenvalue weighted by Crippen LogP contribution is -1.96. The van der Waals surface area contributed by atoms with Crippen molar-refractivity contribution in [3.8, 4) is 17.0 Å². The van der Waals surface area contributed by atoms with Gasteiger partial charge in [0.15, 0.2) is 0 Å². The van der Waals surface area contributed by atoms with Crippen molar-refractivity contribution in [1.82, 2.24) is 14.5 Å². The van der Waals surface area contributed by atoms with Crippen molar-refractivity contribution in [2.75, 3.05) is 5.73 Å². The second-order valence-electron chi connectivity index (χ2n) is 6.57. The predicted molar refractivity (Wildman–Crippen MR) is 105 cm³/mol. The summed E-state index contributed by atoms with van der Waals surface area (Å²) in [5, 5.41) is 11.7. The number of rotatable bonds is 2. The molecule has 3 N–H and O–H groups in total. The standard InChI is InChI=1S/C21H15FN4O/c1-11-5-6-12(9-24-11)17-15(22)8-7-14-19(23)18-16(25-20(14)17)10-26(21(18)27)13-3-2-4-13/h2-10,27H,23H2,1H3. The topological polar surface area (TPSA) is 77.0 Å². The molecule has 0 aliphatic heterocycles. The van der Waals surface area contributed by atoms with Crippen LogP contribution in [0.5, 0.6) is 5.88 Å². The van der Waals surface area contributed by atoms with Crippen LogP contribution in [0, 0.1) is 12.7 Å². The van der Waals surface area contributed by atoms with Crippen molar-refractivity contribution in [2.24, 2.45) is 0 Å². The normalized spacial score (nSPS) is 13.2. The van der Waals surface area contributed by atoms with E-state index in [2.05, 4.69) is 9.97 Å². The lowest BCUT2D eigenvalue weighted by atomic mass is 10.0. The van der Waals surface area contributed by atoms with E-state index in [1.165, 1.54) is 6.07 Å². The summed E-state index contributed by atoms with van der Waals surface area (Å²) in [6, 6.07) is 6.60. The molecule has 6 heteroatoms. The Balaban J connectivity index is 1.86. The van der Waals surface area contributed by atoms with Gasteiger partial charge in [-0.2, -0.15) is 0 Å². The quantitative estimate of drug-likeness (QED) is 0.557. The minimum atomic E-state index is -0.396. The molecule has 0 fully saturated rings. The lowest BCUT2D eigenvalue weighted by molar-refractivity contribution is 0.450. The number of benzene rings is 1. The van der Waals surface area contributed by atoms with Gasteiger partial charge in [0.25, 0.3) is 0 Å². The van der Waals surface area contributed by atoms with Crippen LogP contribution in [0.25, 0.3) is 38.6 Å². The first kappa shape index (κ1) is 15.6. The van der Waals surface area contributed by atoms with E-state index in [0.717, 1.165) is 11.4 Å². The van der Waals surface area contributed by atoms with Crippen LogP contribution in [0.3, 0.4) is 0 Å². The van der Waals surface area contributed by atoms with Gasteiger partial charge in [0, 0.05) is 40.3 Å².